The molecule has 1 aliphatic rings. The van der Waals surface area contributed by atoms with Gasteiger partial charge < -0.3 is 10.6 Å². The summed E-state index contributed by atoms with van der Waals surface area (Å²) in [6, 6.07) is 26.0. The summed E-state index contributed by atoms with van der Waals surface area (Å²) in [5.74, 6) is -1.72. The van der Waals surface area contributed by atoms with E-state index in [1.807, 2.05) is 54.6 Å². The molecule has 1 atom stereocenters. The monoisotopic (exact) mass is 721 g/mol. The van der Waals surface area contributed by atoms with Crippen LogP contribution in [-0.2, 0) is 28.5 Å². The third kappa shape index (κ3) is 6.87. The lowest BCUT2D eigenvalue weighted by molar-refractivity contribution is -0.130. The number of aromatic nitrogens is 4. The van der Waals surface area contributed by atoms with E-state index in [9.17, 15) is 24.0 Å². The molecule has 0 aliphatic carbocycles. The number of anilines is 2. The highest BCUT2D eigenvalue weighted by atomic mass is 32.2. The molecule has 260 valence electrons. The maximum Gasteiger partial charge on any atom is 0.295 e. The van der Waals surface area contributed by atoms with E-state index in [4.69, 9.17) is 12.2 Å². The van der Waals surface area contributed by atoms with Crippen molar-refractivity contribution in [3.63, 3.8) is 0 Å². The minimum Gasteiger partial charge on any atom is -0.320 e. The summed E-state index contributed by atoms with van der Waals surface area (Å²) in [6.07, 6.45) is 1.30. The van der Waals surface area contributed by atoms with Crippen molar-refractivity contribution in [2.24, 2.45) is 14.1 Å². The summed E-state index contributed by atoms with van der Waals surface area (Å²) in [5, 5.41) is 5.47. The van der Waals surface area contributed by atoms with Gasteiger partial charge in [-0.05, 0) is 56.2 Å². The molecule has 1 saturated heterocycles. The zero-order valence-electron chi connectivity index (χ0n) is 28.3. The summed E-state index contributed by atoms with van der Waals surface area (Å²) in [4.78, 5) is 70.0. The van der Waals surface area contributed by atoms with Crippen LogP contribution in [0, 0.1) is 13.8 Å². The summed E-state index contributed by atoms with van der Waals surface area (Å²) in [5.41, 5.74) is 2.28. The number of nitrogens with zero attached hydrogens (tertiary/aromatic N) is 5. The van der Waals surface area contributed by atoms with Crippen LogP contribution in [0.2, 0.25) is 0 Å². The summed E-state index contributed by atoms with van der Waals surface area (Å²) in [6.45, 7) is 3.42. The molecule has 2 N–H and O–H groups in total. The van der Waals surface area contributed by atoms with Crippen molar-refractivity contribution in [2.75, 3.05) is 10.6 Å². The molecule has 12 nitrogen and oxygen atoms in total. The van der Waals surface area contributed by atoms with Crippen LogP contribution in [0.4, 0.5) is 11.4 Å². The van der Waals surface area contributed by atoms with E-state index in [1.54, 1.807) is 79.8 Å². The van der Waals surface area contributed by atoms with Gasteiger partial charge in [-0.2, -0.15) is 0 Å². The van der Waals surface area contributed by atoms with Gasteiger partial charge in [0, 0.05) is 20.5 Å². The predicted octanol–water partition coefficient (Wildman–Crippen LogP) is 4.91. The van der Waals surface area contributed by atoms with Crippen molar-refractivity contribution in [3.05, 3.63) is 134 Å². The third-order valence-corrected chi connectivity index (χ3v) is 10.1. The minimum absolute atomic E-state index is 0.0347. The smallest absolute Gasteiger partial charge is 0.295 e. The normalized spacial score (nSPS) is 14.3. The average molecular weight is 722 g/mol. The molecular weight excluding hydrogens is 687 g/mol. The molecule has 0 radical (unpaired) electrons. The Hall–Kier alpha value is -5.73. The van der Waals surface area contributed by atoms with Gasteiger partial charge in [-0.15, -0.1) is 0 Å². The molecule has 0 saturated carbocycles. The molecule has 2 aromatic heterocycles. The second-order valence-corrected chi connectivity index (χ2v) is 13.6. The molecule has 0 bridgehead atoms. The molecule has 14 heteroatoms. The van der Waals surface area contributed by atoms with E-state index in [0.29, 0.717) is 27.7 Å². The Bertz CT molecular complexity index is 2310. The Morgan fingerprint density at radius 3 is 1.73 bits per heavy atom. The van der Waals surface area contributed by atoms with Gasteiger partial charge >= 0.3 is 0 Å². The molecule has 5 aromatic rings. The third-order valence-electron chi connectivity index (χ3n) is 8.80. The summed E-state index contributed by atoms with van der Waals surface area (Å²) >= 11 is 6.68. The lowest BCUT2D eigenvalue weighted by Gasteiger charge is -2.25. The van der Waals surface area contributed by atoms with Crippen molar-refractivity contribution < 1.29 is 14.4 Å². The number of hydrogen-bond acceptors (Lipinski definition) is 7. The van der Waals surface area contributed by atoms with E-state index in [1.165, 1.54) is 14.3 Å². The van der Waals surface area contributed by atoms with Crippen LogP contribution in [0.5, 0.6) is 0 Å². The van der Waals surface area contributed by atoms with Crippen molar-refractivity contribution in [1.29, 1.82) is 0 Å². The number of nitrogens with one attached hydrogen (secondary N) is 2. The van der Waals surface area contributed by atoms with Gasteiger partial charge in [0.1, 0.15) is 21.7 Å². The minimum atomic E-state index is -1.26. The van der Waals surface area contributed by atoms with Crippen LogP contribution in [0.25, 0.3) is 17.5 Å². The topological polar surface area (TPSA) is 132 Å². The highest BCUT2D eigenvalue weighted by Gasteiger charge is 2.41. The number of para-hydroxylation sites is 2. The zero-order valence-corrected chi connectivity index (χ0v) is 30.0. The lowest BCUT2D eigenvalue weighted by atomic mass is 10.1. The molecule has 3 amide bonds. The number of benzene rings is 3. The number of thioether (sulfide) groups is 1. The Kier molecular flexibility index (Phi) is 10.1. The number of hydrogen-bond donors (Lipinski definition) is 2. The van der Waals surface area contributed by atoms with E-state index in [-0.39, 0.29) is 28.5 Å². The number of thiocarbonyl (C=S) groups is 1. The number of carbonyl (C=O) groups excluding carboxylic acids is 3. The molecule has 1 aliphatic heterocycles. The van der Waals surface area contributed by atoms with Crippen molar-refractivity contribution >= 4 is 63.5 Å². The fraction of sp³-hybridized carbons (Fsp3) is 0.189. The zero-order chi connectivity index (χ0) is 36.4. The standard InChI is InChI=1S/C37H35N7O5S2/c1-23-31(35(48)43(40(23)3)26-16-10-6-11-17-26)38-30(45)21-20-28(42-34(47)29(51-37(42)50)22-25-14-8-5-9-15-25)33(46)39-32-24(2)41(4)44(36(32)49)27-18-12-7-13-19-27/h5-19,22,28H,20-21H2,1-4H3,(H,38,45)(H,39,46)/b29-22-. The Morgan fingerprint density at radius 2 is 1.22 bits per heavy atom. The van der Waals surface area contributed by atoms with Crippen LogP contribution in [0.15, 0.2) is 105 Å². The second-order valence-electron chi connectivity index (χ2n) is 11.9. The Morgan fingerprint density at radius 1 is 0.745 bits per heavy atom. The van der Waals surface area contributed by atoms with Gasteiger partial charge in [0.25, 0.3) is 17.0 Å². The summed E-state index contributed by atoms with van der Waals surface area (Å²) in [7, 11) is 3.42. The molecule has 3 heterocycles. The first-order valence-corrected chi connectivity index (χ1v) is 17.3. The van der Waals surface area contributed by atoms with Gasteiger partial charge in [-0.1, -0.05) is 90.7 Å². The average Bonchev–Trinajstić information content (AvgIpc) is 3.61. The van der Waals surface area contributed by atoms with Crippen LogP contribution >= 0.6 is 24.0 Å². The van der Waals surface area contributed by atoms with Crippen molar-refractivity contribution in [3.8, 4) is 11.4 Å². The van der Waals surface area contributed by atoms with Crippen molar-refractivity contribution in [1.82, 2.24) is 23.6 Å². The predicted molar refractivity (Wildman–Crippen MR) is 203 cm³/mol. The van der Waals surface area contributed by atoms with E-state index in [0.717, 1.165) is 17.3 Å². The number of amides is 3. The number of carbonyl (C=O) groups is 3. The molecule has 0 spiro atoms. The fourth-order valence-corrected chi connectivity index (χ4v) is 7.28. The quantitative estimate of drug-likeness (QED) is 0.155. The van der Waals surface area contributed by atoms with E-state index in [2.05, 4.69) is 10.6 Å². The second kappa shape index (κ2) is 14.6. The van der Waals surface area contributed by atoms with Gasteiger partial charge in [-0.25, -0.2) is 9.36 Å². The molecule has 51 heavy (non-hydrogen) atoms. The first-order valence-electron chi connectivity index (χ1n) is 16.1. The van der Waals surface area contributed by atoms with Gasteiger partial charge in [0.05, 0.1) is 27.7 Å². The van der Waals surface area contributed by atoms with Gasteiger partial charge in [-0.3, -0.25) is 38.2 Å². The molecule has 1 unspecified atom stereocenters. The fourth-order valence-electron chi connectivity index (χ4n) is 5.93. The molecule has 3 aromatic carbocycles. The van der Waals surface area contributed by atoms with Crippen LogP contribution < -0.4 is 21.8 Å². The van der Waals surface area contributed by atoms with Gasteiger partial charge in [0.2, 0.25) is 11.8 Å². The largest absolute Gasteiger partial charge is 0.320 e. The lowest BCUT2D eigenvalue weighted by Crippen LogP contribution is -2.47. The highest BCUT2D eigenvalue weighted by Crippen LogP contribution is 2.35. The molecule has 1 fully saturated rings. The first-order chi connectivity index (χ1) is 24.5. The highest BCUT2D eigenvalue weighted by molar-refractivity contribution is 8.26. The maximum absolute atomic E-state index is 14.2. The van der Waals surface area contributed by atoms with Crippen LogP contribution in [0.3, 0.4) is 0 Å². The SMILES string of the molecule is Cc1c(NC(=O)CCC(C(=O)Nc2c(C)n(C)n(-c3ccccc3)c2=O)N2C(=O)/C(=C/c3ccccc3)SC2=S)c(=O)n(-c2ccccc2)n1C. The van der Waals surface area contributed by atoms with Crippen LogP contribution in [-0.4, -0.2) is 51.7 Å². The number of rotatable bonds is 10. The van der Waals surface area contributed by atoms with Crippen molar-refractivity contribution in [2.45, 2.75) is 32.7 Å². The maximum atomic E-state index is 14.2. The first kappa shape index (κ1) is 35.1. The van der Waals surface area contributed by atoms with Crippen LogP contribution in [0.1, 0.15) is 29.8 Å². The Labute approximate surface area is 302 Å². The molecular formula is C37H35N7O5S2. The Balaban J connectivity index is 1.29. The summed E-state index contributed by atoms with van der Waals surface area (Å²) < 4.78 is 6.29. The van der Waals surface area contributed by atoms with E-state index >= 15 is 0 Å². The van der Waals surface area contributed by atoms with Gasteiger partial charge in [0.15, 0.2) is 0 Å². The molecule has 6 rings (SSSR count). The van der Waals surface area contributed by atoms with E-state index < -0.39 is 34.9 Å².